The summed E-state index contributed by atoms with van der Waals surface area (Å²) in [6.45, 7) is 4.16. The van der Waals surface area contributed by atoms with Gasteiger partial charge in [-0.25, -0.2) is 0 Å². The highest BCUT2D eigenvalue weighted by Crippen LogP contribution is 2.32. The second kappa shape index (κ2) is 5.76. The van der Waals surface area contributed by atoms with Gasteiger partial charge in [-0.1, -0.05) is 6.07 Å². The maximum atomic E-state index is 12.1. The molecule has 2 aliphatic heterocycles. The Kier molecular flexibility index (Phi) is 3.82. The van der Waals surface area contributed by atoms with E-state index in [1.54, 1.807) is 4.90 Å². The summed E-state index contributed by atoms with van der Waals surface area (Å²) in [4.78, 5) is 27.8. The Balaban J connectivity index is 1.71. The molecule has 0 unspecified atom stereocenters. The Bertz CT molecular complexity index is 565. The highest BCUT2D eigenvalue weighted by atomic mass is 16.5. The van der Waals surface area contributed by atoms with Crippen LogP contribution in [0.2, 0.25) is 0 Å². The lowest BCUT2D eigenvalue weighted by atomic mass is 10.1. The third-order valence-corrected chi connectivity index (χ3v) is 4.07. The van der Waals surface area contributed by atoms with E-state index in [1.165, 1.54) is 0 Å². The van der Waals surface area contributed by atoms with E-state index >= 15 is 0 Å². The standard InChI is InChI=1S/C16H20N2O3/c1-12-4-5-14-13(10-12)18(16(20)11-21-14)9-6-15(19)17-7-2-3-8-17/h4-5,10H,2-3,6-9,11H2,1H3. The summed E-state index contributed by atoms with van der Waals surface area (Å²) in [6, 6.07) is 5.78. The van der Waals surface area contributed by atoms with Crippen LogP contribution in [0.15, 0.2) is 18.2 Å². The van der Waals surface area contributed by atoms with Crippen molar-refractivity contribution < 1.29 is 14.3 Å². The van der Waals surface area contributed by atoms with Crippen LogP contribution in [0.4, 0.5) is 5.69 Å². The number of rotatable bonds is 3. The molecule has 2 amide bonds. The molecule has 0 spiro atoms. The first-order valence-corrected chi connectivity index (χ1v) is 7.47. The van der Waals surface area contributed by atoms with Crippen molar-refractivity contribution in [2.45, 2.75) is 26.2 Å². The number of carbonyl (C=O) groups is 2. The van der Waals surface area contributed by atoms with Gasteiger partial charge in [0.1, 0.15) is 5.75 Å². The van der Waals surface area contributed by atoms with Gasteiger partial charge < -0.3 is 14.5 Å². The number of hydrogen-bond acceptors (Lipinski definition) is 3. The van der Waals surface area contributed by atoms with Gasteiger partial charge in [0.15, 0.2) is 6.61 Å². The van der Waals surface area contributed by atoms with Gasteiger partial charge in [-0.2, -0.15) is 0 Å². The van der Waals surface area contributed by atoms with Crippen LogP contribution in [0.5, 0.6) is 5.75 Å². The van der Waals surface area contributed by atoms with Crippen molar-refractivity contribution in [3.8, 4) is 5.75 Å². The summed E-state index contributed by atoms with van der Waals surface area (Å²) in [6.07, 6.45) is 2.55. The van der Waals surface area contributed by atoms with E-state index < -0.39 is 0 Å². The van der Waals surface area contributed by atoms with E-state index in [9.17, 15) is 9.59 Å². The molecule has 1 saturated heterocycles. The van der Waals surface area contributed by atoms with E-state index in [0.29, 0.717) is 18.7 Å². The van der Waals surface area contributed by atoms with Crippen molar-refractivity contribution in [1.29, 1.82) is 0 Å². The number of amides is 2. The van der Waals surface area contributed by atoms with Crippen molar-refractivity contribution in [3.05, 3.63) is 23.8 Å². The molecule has 0 aliphatic carbocycles. The zero-order valence-corrected chi connectivity index (χ0v) is 12.3. The molecule has 2 heterocycles. The van der Waals surface area contributed by atoms with Crippen LogP contribution in [-0.4, -0.2) is 43.0 Å². The minimum Gasteiger partial charge on any atom is -0.482 e. The average Bonchev–Trinajstić information content (AvgIpc) is 3.00. The van der Waals surface area contributed by atoms with E-state index in [2.05, 4.69) is 0 Å². The van der Waals surface area contributed by atoms with Gasteiger partial charge in [-0.15, -0.1) is 0 Å². The highest BCUT2D eigenvalue weighted by molar-refractivity contribution is 5.98. The molecular weight excluding hydrogens is 268 g/mol. The number of hydrogen-bond donors (Lipinski definition) is 0. The van der Waals surface area contributed by atoms with Crippen LogP contribution in [0.25, 0.3) is 0 Å². The highest BCUT2D eigenvalue weighted by Gasteiger charge is 2.27. The van der Waals surface area contributed by atoms with Gasteiger partial charge >= 0.3 is 0 Å². The molecule has 1 aromatic carbocycles. The van der Waals surface area contributed by atoms with Gasteiger partial charge in [-0.3, -0.25) is 9.59 Å². The minimum atomic E-state index is -0.0812. The molecule has 5 heteroatoms. The third-order valence-electron chi connectivity index (χ3n) is 4.07. The van der Waals surface area contributed by atoms with Crippen LogP contribution < -0.4 is 9.64 Å². The first-order valence-electron chi connectivity index (χ1n) is 7.47. The summed E-state index contributed by atoms with van der Waals surface area (Å²) in [5, 5.41) is 0. The summed E-state index contributed by atoms with van der Waals surface area (Å²) in [5.41, 5.74) is 1.85. The molecule has 0 atom stereocenters. The van der Waals surface area contributed by atoms with E-state index in [-0.39, 0.29) is 18.4 Å². The molecule has 3 rings (SSSR count). The lowest BCUT2D eigenvalue weighted by molar-refractivity contribution is -0.130. The molecule has 0 N–H and O–H groups in total. The molecule has 112 valence electrons. The Morgan fingerprint density at radius 2 is 2.05 bits per heavy atom. The fourth-order valence-electron chi connectivity index (χ4n) is 2.89. The second-order valence-corrected chi connectivity index (χ2v) is 5.64. The quantitative estimate of drug-likeness (QED) is 0.851. The number of anilines is 1. The topological polar surface area (TPSA) is 49.9 Å². The number of carbonyl (C=O) groups excluding carboxylic acids is 2. The molecular formula is C16H20N2O3. The number of likely N-dealkylation sites (tertiary alicyclic amines) is 1. The fourth-order valence-corrected chi connectivity index (χ4v) is 2.89. The Morgan fingerprint density at radius 1 is 1.29 bits per heavy atom. The van der Waals surface area contributed by atoms with Gasteiger partial charge in [0.05, 0.1) is 5.69 Å². The lowest BCUT2D eigenvalue weighted by Crippen LogP contribution is -2.41. The first kappa shape index (κ1) is 13.9. The van der Waals surface area contributed by atoms with Crippen LogP contribution >= 0.6 is 0 Å². The van der Waals surface area contributed by atoms with Crippen molar-refractivity contribution in [2.24, 2.45) is 0 Å². The van der Waals surface area contributed by atoms with Crippen LogP contribution in [-0.2, 0) is 9.59 Å². The van der Waals surface area contributed by atoms with Gasteiger partial charge in [0.2, 0.25) is 5.91 Å². The Hall–Kier alpha value is -2.04. The fraction of sp³-hybridized carbons (Fsp3) is 0.500. The van der Waals surface area contributed by atoms with Gasteiger partial charge in [-0.05, 0) is 37.5 Å². The predicted molar refractivity (Wildman–Crippen MR) is 79.5 cm³/mol. The summed E-state index contributed by atoms with van der Waals surface area (Å²) >= 11 is 0. The van der Waals surface area contributed by atoms with Gasteiger partial charge in [0, 0.05) is 26.1 Å². The van der Waals surface area contributed by atoms with E-state index in [1.807, 2.05) is 30.0 Å². The maximum Gasteiger partial charge on any atom is 0.265 e. The second-order valence-electron chi connectivity index (χ2n) is 5.64. The number of fused-ring (bicyclic) bond motifs is 1. The Morgan fingerprint density at radius 3 is 2.81 bits per heavy atom. The van der Waals surface area contributed by atoms with Crippen molar-refractivity contribution in [1.82, 2.24) is 4.90 Å². The molecule has 5 nitrogen and oxygen atoms in total. The summed E-state index contributed by atoms with van der Waals surface area (Å²) in [5.74, 6) is 0.775. The minimum absolute atomic E-state index is 0.0496. The Labute approximate surface area is 124 Å². The van der Waals surface area contributed by atoms with Crippen molar-refractivity contribution in [3.63, 3.8) is 0 Å². The lowest BCUT2D eigenvalue weighted by Gasteiger charge is -2.30. The van der Waals surface area contributed by atoms with Gasteiger partial charge in [0.25, 0.3) is 5.91 Å². The van der Waals surface area contributed by atoms with Crippen LogP contribution in [0, 0.1) is 6.92 Å². The van der Waals surface area contributed by atoms with Crippen LogP contribution in [0.3, 0.4) is 0 Å². The number of aryl methyl sites for hydroxylation is 1. The first-order chi connectivity index (χ1) is 10.1. The molecule has 0 bridgehead atoms. The largest absolute Gasteiger partial charge is 0.482 e. The normalized spacial score (nSPS) is 17.7. The molecule has 1 aromatic rings. The molecule has 0 saturated carbocycles. The molecule has 0 aromatic heterocycles. The number of nitrogens with zero attached hydrogens (tertiary/aromatic N) is 2. The van der Waals surface area contributed by atoms with Crippen molar-refractivity contribution in [2.75, 3.05) is 31.1 Å². The van der Waals surface area contributed by atoms with E-state index in [0.717, 1.165) is 37.2 Å². The smallest absolute Gasteiger partial charge is 0.265 e. The predicted octanol–water partition coefficient (Wildman–Crippen LogP) is 1.73. The summed E-state index contributed by atoms with van der Waals surface area (Å²) < 4.78 is 5.44. The summed E-state index contributed by atoms with van der Waals surface area (Å²) in [7, 11) is 0. The molecule has 21 heavy (non-hydrogen) atoms. The average molecular weight is 288 g/mol. The third kappa shape index (κ3) is 2.86. The molecule has 2 aliphatic rings. The molecule has 1 fully saturated rings. The van der Waals surface area contributed by atoms with Crippen molar-refractivity contribution >= 4 is 17.5 Å². The molecule has 0 radical (unpaired) electrons. The maximum absolute atomic E-state index is 12.1. The number of benzene rings is 1. The zero-order valence-electron chi connectivity index (χ0n) is 12.3. The number of ether oxygens (including phenoxy) is 1. The van der Waals surface area contributed by atoms with E-state index in [4.69, 9.17) is 4.74 Å². The van der Waals surface area contributed by atoms with Crippen LogP contribution in [0.1, 0.15) is 24.8 Å². The monoisotopic (exact) mass is 288 g/mol. The SMILES string of the molecule is Cc1ccc2c(c1)N(CCC(=O)N1CCCC1)C(=O)CO2. The zero-order chi connectivity index (χ0) is 14.8.